The maximum atomic E-state index is 12.8. The summed E-state index contributed by atoms with van der Waals surface area (Å²) in [7, 11) is -4.20. The second kappa shape index (κ2) is 8.18. The van der Waals surface area contributed by atoms with Crippen LogP contribution in [0.25, 0.3) is 10.4 Å². The second-order valence-electron chi connectivity index (χ2n) is 5.32. The van der Waals surface area contributed by atoms with Gasteiger partial charge in [0.1, 0.15) is 10.6 Å². The topological polar surface area (TPSA) is 92.7 Å². The fourth-order valence-corrected chi connectivity index (χ4v) is 5.32. The largest absolute Gasteiger partial charge is 0.512 e. The molecule has 0 aliphatic heterocycles. The number of hydrogen-bond acceptors (Lipinski definition) is 5. The number of rotatable bonds is 5. The summed E-state index contributed by atoms with van der Waals surface area (Å²) in [4.78, 5) is 11.3. The molecule has 0 saturated heterocycles. The number of carbonyl (C=O) groups is 1. The molecule has 3 aromatic rings. The number of sulfonamides is 1. The Morgan fingerprint density at radius 1 is 1.04 bits per heavy atom. The van der Waals surface area contributed by atoms with Gasteiger partial charge in [0, 0.05) is 4.88 Å². The summed E-state index contributed by atoms with van der Waals surface area (Å²) in [6.45, 7) is 0. The van der Waals surface area contributed by atoms with Crippen molar-refractivity contribution in [2.75, 3.05) is 4.72 Å². The van der Waals surface area contributed by atoms with E-state index in [2.05, 4.69) is 4.72 Å². The predicted molar refractivity (Wildman–Crippen MR) is 111 cm³/mol. The highest BCUT2D eigenvalue weighted by molar-refractivity contribution is 7.92. The van der Waals surface area contributed by atoms with Crippen molar-refractivity contribution in [3.05, 3.63) is 63.6 Å². The molecule has 3 rings (SSSR count). The van der Waals surface area contributed by atoms with Gasteiger partial charge in [-0.3, -0.25) is 4.72 Å². The fraction of sp³-hybridized carbons (Fsp3) is 0. The molecule has 0 unspecified atom stereocenters. The van der Waals surface area contributed by atoms with Crippen LogP contribution in [0.2, 0.25) is 15.1 Å². The smallest absolute Gasteiger partial charge is 0.449 e. The van der Waals surface area contributed by atoms with E-state index in [0.717, 1.165) is 16.9 Å². The SMILES string of the molecule is O=C(O)Oc1sc(-c2ccccc2)cc1NS(=O)(=O)c1ccc(Cl)c(Cl)c1Cl. The molecule has 1 aromatic heterocycles. The Hall–Kier alpha value is -1.97. The lowest BCUT2D eigenvalue weighted by atomic mass is 10.2. The van der Waals surface area contributed by atoms with E-state index in [-0.39, 0.29) is 30.7 Å². The van der Waals surface area contributed by atoms with Crippen LogP contribution < -0.4 is 9.46 Å². The van der Waals surface area contributed by atoms with Crippen molar-refractivity contribution < 1.29 is 23.1 Å². The maximum Gasteiger partial charge on any atom is 0.512 e. The Kier molecular flexibility index (Phi) is 6.07. The number of hydrogen-bond donors (Lipinski definition) is 2. The van der Waals surface area contributed by atoms with Crippen molar-refractivity contribution in [1.29, 1.82) is 0 Å². The van der Waals surface area contributed by atoms with Crippen LogP contribution in [0.1, 0.15) is 0 Å². The Balaban J connectivity index is 2.04. The molecule has 0 atom stereocenters. The van der Waals surface area contributed by atoms with E-state index >= 15 is 0 Å². The van der Waals surface area contributed by atoms with Gasteiger partial charge in [-0.1, -0.05) is 76.5 Å². The van der Waals surface area contributed by atoms with E-state index in [4.69, 9.17) is 44.6 Å². The Morgan fingerprint density at radius 3 is 2.36 bits per heavy atom. The van der Waals surface area contributed by atoms with Crippen molar-refractivity contribution in [3.63, 3.8) is 0 Å². The number of ether oxygens (including phenoxy) is 1. The summed E-state index contributed by atoms with van der Waals surface area (Å²) >= 11 is 18.7. The molecule has 11 heteroatoms. The first-order valence-electron chi connectivity index (χ1n) is 7.45. The van der Waals surface area contributed by atoms with Crippen LogP contribution in [0, 0.1) is 0 Å². The standard InChI is InChI=1S/C17H10Cl3NO5S2/c18-10-6-7-13(15(20)14(10)19)28(24,25)21-11-8-12(9-4-2-1-3-5-9)27-16(11)26-17(22)23/h1-8,21H,(H,22,23). The normalized spacial score (nSPS) is 11.2. The lowest BCUT2D eigenvalue weighted by Crippen LogP contribution is -2.14. The third-order valence-corrected chi connectivity index (χ3v) is 7.35. The molecule has 0 radical (unpaired) electrons. The van der Waals surface area contributed by atoms with Gasteiger partial charge in [-0.25, -0.2) is 13.2 Å². The molecule has 0 spiro atoms. The molecule has 0 fully saturated rings. The molecule has 1 heterocycles. The summed E-state index contributed by atoms with van der Waals surface area (Å²) in [5, 5.41) is 8.56. The van der Waals surface area contributed by atoms with Crippen LogP contribution in [0.3, 0.4) is 0 Å². The summed E-state index contributed by atoms with van der Waals surface area (Å²) < 4.78 is 32.6. The van der Waals surface area contributed by atoms with Gasteiger partial charge in [0.15, 0.2) is 0 Å². The molecule has 0 aliphatic carbocycles. The lowest BCUT2D eigenvalue weighted by molar-refractivity contribution is 0.146. The molecule has 28 heavy (non-hydrogen) atoms. The van der Waals surface area contributed by atoms with Crippen molar-refractivity contribution >= 4 is 68.0 Å². The van der Waals surface area contributed by atoms with Crippen molar-refractivity contribution in [2.45, 2.75) is 4.90 Å². The highest BCUT2D eigenvalue weighted by atomic mass is 35.5. The summed E-state index contributed by atoms with van der Waals surface area (Å²) in [6.07, 6.45) is -1.57. The summed E-state index contributed by atoms with van der Waals surface area (Å²) in [5.74, 6) is 0. The van der Waals surface area contributed by atoms with Crippen LogP contribution in [-0.4, -0.2) is 19.7 Å². The van der Waals surface area contributed by atoms with Gasteiger partial charge in [0.2, 0.25) is 5.06 Å². The van der Waals surface area contributed by atoms with Crippen molar-refractivity contribution in [2.24, 2.45) is 0 Å². The molecule has 0 amide bonds. The number of anilines is 1. The van der Waals surface area contributed by atoms with Crippen molar-refractivity contribution in [1.82, 2.24) is 0 Å². The van der Waals surface area contributed by atoms with Gasteiger partial charge in [0.05, 0.1) is 15.1 Å². The van der Waals surface area contributed by atoms with Crippen LogP contribution in [0.4, 0.5) is 10.5 Å². The van der Waals surface area contributed by atoms with Crippen molar-refractivity contribution in [3.8, 4) is 15.5 Å². The van der Waals surface area contributed by atoms with E-state index in [9.17, 15) is 13.2 Å². The Bertz CT molecular complexity index is 1150. The summed E-state index contributed by atoms with van der Waals surface area (Å²) in [6, 6.07) is 13.0. The molecule has 2 N–H and O–H groups in total. The predicted octanol–water partition coefficient (Wildman–Crippen LogP) is 6.23. The minimum atomic E-state index is -4.20. The van der Waals surface area contributed by atoms with Gasteiger partial charge in [0.25, 0.3) is 10.0 Å². The van der Waals surface area contributed by atoms with E-state index in [1.807, 2.05) is 6.07 Å². The molecule has 6 nitrogen and oxygen atoms in total. The zero-order valence-electron chi connectivity index (χ0n) is 13.6. The minimum absolute atomic E-state index is 0.0478. The number of carboxylic acid groups (broad SMARTS) is 1. The molecular formula is C17H10Cl3NO5S2. The van der Waals surface area contributed by atoms with E-state index in [0.29, 0.717) is 4.88 Å². The lowest BCUT2D eigenvalue weighted by Gasteiger charge is -2.11. The number of thiophene rings is 1. The number of benzene rings is 2. The molecule has 0 aliphatic rings. The highest BCUT2D eigenvalue weighted by Gasteiger charge is 2.25. The zero-order chi connectivity index (χ0) is 20.5. The number of halogens is 3. The summed E-state index contributed by atoms with van der Waals surface area (Å²) in [5.41, 5.74) is 0.717. The molecule has 146 valence electrons. The average molecular weight is 479 g/mol. The molecule has 0 bridgehead atoms. The van der Waals surface area contributed by atoms with Crippen LogP contribution in [0.5, 0.6) is 5.06 Å². The number of nitrogens with one attached hydrogen (secondary N) is 1. The van der Waals surface area contributed by atoms with Gasteiger partial charge in [-0.2, -0.15) is 0 Å². The van der Waals surface area contributed by atoms with Gasteiger partial charge < -0.3 is 9.84 Å². The third-order valence-electron chi connectivity index (χ3n) is 3.47. The molecule has 0 saturated carbocycles. The van der Waals surface area contributed by atoms with E-state index < -0.39 is 16.2 Å². The minimum Gasteiger partial charge on any atom is -0.449 e. The maximum absolute atomic E-state index is 12.8. The molecule has 2 aromatic carbocycles. The quantitative estimate of drug-likeness (QED) is 0.335. The van der Waals surface area contributed by atoms with E-state index in [1.54, 1.807) is 24.3 Å². The second-order valence-corrected chi connectivity index (χ2v) is 9.15. The van der Waals surface area contributed by atoms with Crippen LogP contribution in [-0.2, 0) is 10.0 Å². The van der Waals surface area contributed by atoms with Gasteiger partial charge in [-0.15, -0.1) is 0 Å². The first-order chi connectivity index (χ1) is 13.2. The monoisotopic (exact) mass is 477 g/mol. The van der Waals surface area contributed by atoms with E-state index in [1.165, 1.54) is 18.2 Å². The average Bonchev–Trinajstić information content (AvgIpc) is 3.01. The zero-order valence-corrected chi connectivity index (χ0v) is 17.6. The molecular weight excluding hydrogens is 469 g/mol. The first kappa shape index (κ1) is 20.8. The highest BCUT2D eigenvalue weighted by Crippen LogP contribution is 2.43. The Labute approximate surface area is 179 Å². The first-order valence-corrected chi connectivity index (χ1v) is 10.9. The van der Waals surface area contributed by atoms with Crippen LogP contribution in [0.15, 0.2) is 53.4 Å². The van der Waals surface area contributed by atoms with Gasteiger partial charge >= 0.3 is 6.16 Å². The Morgan fingerprint density at radius 2 is 1.71 bits per heavy atom. The van der Waals surface area contributed by atoms with Gasteiger partial charge in [-0.05, 0) is 23.8 Å². The third kappa shape index (κ3) is 4.37. The van der Waals surface area contributed by atoms with Crippen LogP contribution >= 0.6 is 46.1 Å². The fourth-order valence-electron chi connectivity index (χ4n) is 2.26.